The van der Waals surface area contributed by atoms with Gasteiger partial charge in [-0.05, 0) is 23.8 Å². The van der Waals surface area contributed by atoms with E-state index in [0.717, 1.165) is 4.90 Å². The Balaban J connectivity index is 2.17. The molecule has 0 saturated carbocycles. The second-order valence-electron chi connectivity index (χ2n) is 3.77. The molecule has 2 aromatic carbocycles. The Morgan fingerprint density at radius 3 is 2.53 bits per heavy atom. The van der Waals surface area contributed by atoms with Crippen LogP contribution in [0.2, 0.25) is 10.0 Å². The van der Waals surface area contributed by atoms with Crippen molar-refractivity contribution in [1.82, 2.24) is 0 Å². The van der Waals surface area contributed by atoms with Crippen LogP contribution in [0.5, 0.6) is 5.75 Å². The molecular formula is C14H11Cl2FOS. The summed E-state index contributed by atoms with van der Waals surface area (Å²) in [6.07, 6.45) is 0. The van der Waals surface area contributed by atoms with Gasteiger partial charge in [0, 0.05) is 10.6 Å². The molecule has 0 aliphatic rings. The van der Waals surface area contributed by atoms with Crippen molar-refractivity contribution in [3.63, 3.8) is 0 Å². The molecule has 0 fully saturated rings. The quantitative estimate of drug-likeness (QED) is 0.695. The fourth-order valence-electron chi connectivity index (χ4n) is 1.55. The average Bonchev–Trinajstić information content (AvgIpc) is 2.42. The fourth-order valence-corrected chi connectivity index (χ4v) is 3.11. The number of hydrogen-bond acceptors (Lipinski definition) is 2. The van der Waals surface area contributed by atoms with Gasteiger partial charge in [0.25, 0.3) is 0 Å². The van der Waals surface area contributed by atoms with Gasteiger partial charge < -0.3 is 4.74 Å². The van der Waals surface area contributed by atoms with Crippen LogP contribution in [0.25, 0.3) is 0 Å². The number of methoxy groups -OCH3 is 1. The summed E-state index contributed by atoms with van der Waals surface area (Å²) in [5, 5.41) is 0.810. The molecule has 0 radical (unpaired) electrons. The molecule has 0 atom stereocenters. The molecule has 2 aromatic rings. The summed E-state index contributed by atoms with van der Waals surface area (Å²) in [4.78, 5) is 0.802. The van der Waals surface area contributed by atoms with Gasteiger partial charge in [0.2, 0.25) is 0 Å². The molecule has 19 heavy (non-hydrogen) atoms. The molecule has 0 bridgehead atoms. The van der Waals surface area contributed by atoms with Crippen molar-refractivity contribution in [3.05, 3.63) is 57.8 Å². The van der Waals surface area contributed by atoms with E-state index in [0.29, 0.717) is 27.1 Å². The minimum atomic E-state index is -0.217. The number of thioether (sulfide) groups is 1. The highest BCUT2D eigenvalue weighted by atomic mass is 35.5. The van der Waals surface area contributed by atoms with Crippen LogP contribution in [0.1, 0.15) is 5.56 Å². The lowest BCUT2D eigenvalue weighted by molar-refractivity contribution is 0.415. The number of benzene rings is 2. The summed E-state index contributed by atoms with van der Waals surface area (Å²) in [6.45, 7) is 0. The lowest BCUT2D eigenvalue weighted by atomic mass is 10.2. The Hall–Kier alpha value is -0.900. The second kappa shape index (κ2) is 6.51. The molecule has 0 aromatic heterocycles. The summed E-state index contributed by atoms with van der Waals surface area (Å²) in [6, 6.07) is 10.2. The molecule has 0 unspecified atom stereocenters. The standard InChI is InChI=1S/C14H11Cl2FOS/c1-18-11-6-7-12(14(16)13(11)15)19-8-9-4-2-3-5-10(9)17/h2-7H,8H2,1H3. The first-order valence-corrected chi connectivity index (χ1v) is 7.26. The highest BCUT2D eigenvalue weighted by molar-refractivity contribution is 7.98. The van der Waals surface area contributed by atoms with Crippen molar-refractivity contribution in [3.8, 4) is 5.75 Å². The molecule has 0 N–H and O–H groups in total. The zero-order chi connectivity index (χ0) is 13.8. The average molecular weight is 317 g/mol. The summed E-state index contributed by atoms with van der Waals surface area (Å²) in [5.74, 6) is 0.808. The molecular weight excluding hydrogens is 306 g/mol. The van der Waals surface area contributed by atoms with Crippen molar-refractivity contribution < 1.29 is 9.13 Å². The third-order valence-electron chi connectivity index (χ3n) is 2.57. The third kappa shape index (κ3) is 3.35. The van der Waals surface area contributed by atoms with Crippen LogP contribution in [-0.2, 0) is 5.75 Å². The smallest absolute Gasteiger partial charge is 0.139 e. The van der Waals surface area contributed by atoms with E-state index >= 15 is 0 Å². The van der Waals surface area contributed by atoms with Crippen LogP contribution in [0.15, 0.2) is 41.3 Å². The van der Waals surface area contributed by atoms with Crippen LogP contribution in [0.3, 0.4) is 0 Å². The Kier molecular flexibility index (Phi) is 4.97. The highest BCUT2D eigenvalue weighted by Gasteiger charge is 2.11. The second-order valence-corrected chi connectivity index (χ2v) is 5.55. The predicted molar refractivity (Wildman–Crippen MR) is 79.0 cm³/mol. The van der Waals surface area contributed by atoms with Crippen LogP contribution in [-0.4, -0.2) is 7.11 Å². The monoisotopic (exact) mass is 316 g/mol. The summed E-state index contributed by atoms with van der Waals surface area (Å²) >= 11 is 13.7. The molecule has 100 valence electrons. The number of ether oxygens (including phenoxy) is 1. The maximum Gasteiger partial charge on any atom is 0.139 e. The van der Waals surface area contributed by atoms with E-state index in [2.05, 4.69) is 0 Å². The molecule has 0 aliphatic carbocycles. The van der Waals surface area contributed by atoms with Crippen molar-refractivity contribution in [2.24, 2.45) is 0 Å². The van der Waals surface area contributed by atoms with E-state index in [1.54, 1.807) is 18.2 Å². The van der Waals surface area contributed by atoms with Crippen molar-refractivity contribution >= 4 is 35.0 Å². The molecule has 0 saturated heterocycles. The maximum absolute atomic E-state index is 13.5. The Bertz CT molecular complexity index is 590. The zero-order valence-electron chi connectivity index (χ0n) is 10.1. The van der Waals surface area contributed by atoms with E-state index in [-0.39, 0.29) is 5.82 Å². The van der Waals surface area contributed by atoms with Crippen LogP contribution in [0.4, 0.5) is 4.39 Å². The Morgan fingerprint density at radius 1 is 1.11 bits per heavy atom. The highest BCUT2D eigenvalue weighted by Crippen LogP contribution is 2.40. The van der Waals surface area contributed by atoms with E-state index < -0.39 is 0 Å². The largest absolute Gasteiger partial charge is 0.495 e. The minimum Gasteiger partial charge on any atom is -0.495 e. The van der Waals surface area contributed by atoms with Gasteiger partial charge >= 0.3 is 0 Å². The topological polar surface area (TPSA) is 9.23 Å². The van der Waals surface area contributed by atoms with Crippen LogP contribution >= 0.6 is 35.0 Å². The van der Waals surface area contributed by atoms with Gasteiger partial charge in [-0.2, -0.15) is 0 Å². The summed E-state index contributed by atoms with van der Waals surface area (Å²) in [5.41, 5.74) is 0.635. The summed E-state index contributed by atoms with van der Waals surface area (Å²) in [7, 11) is 1.53. The lowest BCUT2D eigenvalue weighted by Gasteiger charge is -2.09. The lowest BCUT2D eigenvalue weighted by Crippen LogP contribution is -1.89. The molecule has 1 nitrogen and oxygen atoms in total. The Labute approximate surface area is 125 Å². The summed E-state index contributed by atoms with van der Waals surface area (Å²) < 4.78 is 18.6. The fraction of sp³-hybridized carbons (Fsp3) is 0.143. The molecule has 0 amide bonds. The number of hydrogen-bond donors (Lipinski definition) is 0. The van der Waals surface area contributed by atoms with Crippen molar-refractivity contribution in [2.45, 2.75) is 10.6 Å². The first-order valence-electron chi connectivity index (χ1n) is 5.51. The van der Waals surface area contributed by atoms with Crippen molar-refractivity contribution in [2.75, 3.05) is 7.11 Å². The SMILES string of the molecule is COc1ccc(SCc2ccccc2F)c(Cl)c1Cl. The number of rotatable bonds is 4. The molecule has 0 heterocycles. The van der Waals surface area contributed by atoms with Gasteiger partial charge in [0.15, 0.2) is 0 Å². The minimum absolute atomic E-state index is 0.217. The zero-order valence-corrected chi connectivity index (χ0v) is 12.4. The molecule has 2 rings (SSSR count). The Morgan fingerprint density at radius 2 is 1.84 bits per heavy atom. The van der Waals surface area contributed by atoms with Gasteiger partial charge in [0.05, 0.1) is 12.1 Å². The molecule has 0 aliphatic heterocycles. The van der Waals surface area contributed by atoms with E-state index in [1.807, 2.05) is 12.1 Å². The van der Waals surface area contributed by atoms with Crippen LogP contribution < -0.4 is 4.74 Å². The molecule has 5 heteroatoms. The third-order valence-corrected chi connectivity index (χ3v) is 4.66. The van der Waals surface area contributed by atoms with E-state index in [9.17, 15) is 4.39 Å². The van der Waals surface area contributed by atoms with Gasteiger partial charge in [-0.25, -0.2) is 4.39 Å². The molecule has 0 spiro atoms. The predicted octanol–water partition coefficient (Wildman–Crippen LogP) is 5.43. The van der Waals surface area contributed by atoms with Gasteiger partial charge in [-0.15, -0.1) is 11.8 Å². The van der Waals surface area contributed by atoms with Gasteiger partial charge in [-0.1, -0.05) is 41.4 Å². The normalized spacial score (nSPS) is 10.5. The van der Waals surface area contributed by atoms with Crippen molar-refractivity contribution in [1.29, 1.82) is 0 Å². The van der Waals surface area contributed by atoms with Crippen LogP contribution in [0, 0.1) is 5.82 Å². The number of halogens is 3. The van der Waals surface area contributed by atoms with E-state index in [4.69, 9.17) is 27.9 Å². The van der Waals surface area contributed by atoms with E-state index in [1.165, 1.54) is 24.9 Å². The van der Waals surface area contributed by atoms with Gasteiger partial charge in [0.1, 0.15) is 16.6 Å². The first kappa shape index (κ1) is 14.5. The first-order chi connectivity index (χ1) is 9.13. The maximum atomic E-state index is 13.5. The van der Waals surface area contributed by atoms with Gasteiger partial charge in [-0.3, -0.25) is 0 Å².